The van der Waals surface area contributed by atoms with Crippen LogP contribution in [0.5, 0.6) is 11.5 Å². The Hall–Kier alpha value is -1.96. The van der Waals surface area contributed by atoms with E-state index in [4.69, 9.17) is 14.5 Å². The summed E-state index contributed by atoms with van der Waals surface area (Å²) in [6.07, 6.45) is 1.14. The molecule has 2 aromatic carbocycles. The van der Waals surface area contributed by atoms with Crippen molar-refractivity contribution in [1.29, 1.82) is 0 Å². The lowest BCUT2D eigenvalue weighted by Crippen LogP contribution is -2.41. The Morgan fingerprint density at radius 2 is 1.96 bits per heavy atom. The van der Waals surface area contributed by atoms with E-state index in [-0.39, 0.29) is 24.0 Å². The zero-order valence-corrected chi connectivity index (χ0v) is 17.2. The maximum absolute atomic E-state index is 5.43. The third-order valence-electron chi connectivity index (χ3n) is 4.68. The standard InChI is InChI=1S/C20H23N3O2.HI/c1-2-21-20(23-12-16-10-15-5-3-4-6-17(15)16)22-11-14-7-8-18-19(9-14)25-13-24-18;/h3-9,16H,2,10-13H2,1H3,(H2,21,22,23);1H. The third kappa shape index (κ3) is 4.06. The topological polar surface area (TPSA) is 54.9 Å². The second kappa shape index (κ2) is 8.62. The molecular formula is C20H24IN3O2. The summed E-state index contributed by atoms with van der Waals surface area (Å²) >= 11 is 0. The van der Waals surface area contributed by atoms with Crippen molar-refractivity contribution in [2.24, 2.45) is 4.99 Å². The first-order valence-corrected chi connectivity index (χ1v) is 8.82. The van der Waals surface area contributed by atoms with Crippen LogP contribution >= 0.6 is 24.0 Å². The molecule has 0 amide bonds. The number of halogens is 1. The van der Waals surface area contributed by atoms with Gasteiger partial charge in [-0.3, -0.25) is 0 Å². The molecule has 1 atom stereocenters. The zero-order valence-electron chi connectivity index (χ0n) is 14.8. The van der Waals surface area contributed by atoms with Gasteiger partial charge in [-0.1, -0.05) is 30.3 Å². The maximum atomic E-state index is 5.43. The average Bonchev–Trinajstić information content (AvgIpc) is 3.08. The number of guanidine groups is 1. The summed E-state index contributed by atoms with van der Waals surface area (Å²) in [4.78, 5) is 4.69. The van der Waals surface area contributed by atoms with Crippen molar-refractivity contribution in [3.8, 4) is 11.5 Å². The molecule has 0 radical (unpaired) electrons. The molecule has 0 saturated carbocycles. The highest BCUT2D eigenvalue weighted by Gasteiger charge is 2.25. The number of benzene rings is 2. The molecule has 2 aromatic rings. The summed E-state index contributed by atoms with van der Waals surface area (Å²) in [5.74, 6) is 3.04. The van der Waals surface area contributed by atoms with Gasteiger partial charge in [0.25, 0.3) is 0 Å². The molecule has 1 aliphatic carbocycles. The Morgan fingerprint density at radius 1 is 1.12 bits per heavy atom. The van der Waals surface area contributed by atoms with Gasteiger partial charge < -0.3 is 20.1 Å². The summed E-state index contributed by atoms with van der Waals surface area (Å²) in [6, 6.07) is 14.6. The Morgan fingerprint density at radius 3 is 2.81 bits per heavy atom. The number of hydrogen-bond acceptors (Lipinski definition) is 3. The number of fused-ring (bicyclic) bond motifs is 2. The van der Waals surface area contributed by atoms with Crippen LogP contribution in [0.3, 0.4) is 0 Å². The predicted octanol–water partition coefficient (Wildman–Crippen LogP) is 3.43. The van der Waals surface area contributed by atoms with E-state index in [1.807, 2.05) is 18.2 Å². The largest absolute Gasteiger partial charge is 0.454 e. The van der Waals surface area contributed by atoms with E-state index in [9.17, 15) is 0 Å². The summed E-state index contributed by atoms with van der Waals surface area (Å²) in [6.45, 7) is 4.73. The highest BCUT2D eigenvalue weighted by Crippen LogP contribution is 2.34. The van der Waals surface area contributed by atoms with Crippen molar-refractivity contribution in [2.45, 2.75) is 25.8 Å². The van der Waals surface area contributed by atoms with Gasteiger partial charge in [0.05, 0.1) is 6.54 Å². The number of nitrogens with one attached hydrogen (secondary N) is 2. The van der Waals surface area contributed by atoms with Gasteiger partial charge in [0.2, 0.25) is 6.79 Å². The van der Waals surface area contributed by atoms with Crippen molar-refractivity contribution in [3.63, 3.8) is 0 Å². The van der Waals surface area contributed by atoms with Crippen LogP contribution in [0.15, 0.2) is 47.5 Å². The molecule has 0 bridgehead atoms. The highest BCUT2D eigenvalue weighted by atomic mass is 127. The molecule has 0 fully saturated rings. The first-order chi connectivity index (χ1) is 12.3. The molecule has 26 heavy (non-hydrogen) atoms. The summed E-state index contributed by atoms with van der Waals surface area (Å²) < 4.78 is 10.8. The molecule has 2 N–H and O–H groups in total. The van der Waals surface area contributed by atoms with E-state index >= 15 is 0 Å². The SMILES string of the molecule is CCNC(=NCc1ccc2c(c1)OCO2)NCC1Cc2ccccc21.I. The first kappa shape index (κ1) is 18.8. The van der Waals surface area contributed by atoms with E-state index in [0.717, 1.165) is 42.5 Å². The van der Waals surface area contributed by atoms with E-state index in [2.05, 4.69) is 41.8 Å². The van der Waals surface area contributed by atoms with E-state index in [0.29, 0.717) is 19.3 Å². The minimum Gasteiger partial charge on any atom is -0.454 e. The first-order valence-electron chi connectivity index (χ1n) is 8.82. The van der Waals surface area contributed by atoms with Crippen LogP contribution in [0.2, 0.25) is 0 Å². The van der Waals surface area contributed by atoms with Gasteiger partial charge in [-0.15, -0.1) is 24.0 Å². The Bertz CT molecular complexity index is 794. The number of nitrogens with zero attached hydrogens (tertiary/aromatic N) is 1. The van der Waals surface area contributed by atoms with Crippen molar-refractivity contribution < 1.29 is 9.47 Å². The molecule has 6 heteroatoms. The van der Waals surface area contributed by atoms with Crippen LogP contribution in [0.4, 0.5) is 0 Å². The van der Waals surface area contributed by atoms with Crippen LogP contribution < -0.4 is 20.1 Å². The quantitative estimate of drug-likeness (QED) is 0.404. The lowest BCUT2D eigenvalue weighted by atomic mass is 9.78. The van der Waals surface area contributed by atoms with E-state index < -0.39 is 0 Å². The molecule has 2 aliphatic rings. The van der Waals surface area contributed by atoms with Crippen LogP contribution in [0.25, 0.3) is 0 Å². The van der Waals surface area contributed by atoms with E-state index in [1.54, 1.807) is 0 Å². The van der Waals surface area contributed by atoms with Crippen LogP contribution in [0.1, 0.15) is 29.5 Å². The fourth-order valence-electron chi connectivity index (χ4n) is 3.32. The maximum Gasteiger partial charge on any atom is 0.231 e. The third-order valence-corrected chi connectivity index (χ3v) is 4.68. The van der Waals surface area contributed by atoms with Crippen LogP contribution in [-0.4, -0.2) is 25.8 Å². The molecule has 1 heterocycles. The van der Waals surface area contributed by atoms with Crippen LogP contribution in [0, 0.1) is 0 Å². The second-order valence-corrected chi connectivity index (χ2v) is 6.36. The number of aliphatic imine (C=N–C) groups is 1. The molecular weight excluding hydrogens is 441 g/mol. The molecule has 1 unspecified atom stereocenters. The Balaban J connectivity index is 0.00000196. The average molecular weight is 465 g/mol. The van der Waals surface area contributed by atoms with Gasteiger partial charge in [0.1, 0.15) is 0 Å². The van der Waals surface area contributed by atoms with Gasteiger partial charge in [-0.2, -0.15) is 0 Å². The minimum atomic E-state index is 0. The van der Waals surface area contributed by atoms with Gasteiger partial charge in [-0.25, -0.2) is 4.99 Å². The Kier molecular flexibility index (Phi) is 6.24. The molecule has 4 rings (SSSR count). The predicted molar refractivity (Wildman–Crippen MR) is 114 cm³/mol. The normalized spacial score (nSPS) is 17.0. The lowest BCUT2D eigenvalue weighted by Gasteiger charge is -2.30. The number of hydrogen-bond donors (Lipinski definition) is 2. The molecule has 5 nitrogen and oxygen atoms in total. The molecule has 1 aliphatic heterocycles. The van der Waals surface area contributed by atoms with Crippen molar-refractivity contribution in [1.82, 2.24) is 10.6 Å². The molecule has 138 valence electrons. The van der Waals surface area contributed by atoms with Crippen LogP contribution in [-0.2, 0) is 13.0 Å². The zero-order chi connectivity index (χ0) is 17.1. The summed E-state index contributed by atoms with van der Waals surface area (Å²) in [7, 11) is 0. The van der Waals surface area contributed by atoms with Gasteiger partial charge in [0.15, 0.2) is 17.5 Å². The number of rotatable bonds is 5. The minimum absolute atomic E-state index is 0. The lowest BCUT2D eigenvalue weighted by molar-refractivity contribution is 0.174. The van der Waals surface area contributed by atoms with Gasteiger partial charge in [-0.05, 0) is 42.2 Å². The second-order valence-electron chi connectivity index (χ2n) is 6.36. The van der Waals surface area contributed by atoms with Crippen molar-refractivity contribution in [2.75, 3.05) is 19.9 Å². The molecule has 0 spiro atoms. The van der Waals surface area contributed by atoms with Crippen molar-refractivity contribution >= 4 is 29.9 Å². The Labute approximate surface area is 171 Å². The fourth-order valence-corrected chi connectivity index (χ4v) is 3.32. The highest BCUT2D eigenvalue weighted by molar-refractivity contribution is 14.0. The number of ether oxygens (including phenoxy) is 2. The van der Waals surface area contributed by atoms with Gasteiger partial charge >= 0.3 is 0 Å². The van der Waals surface area contributed by atoms with Gasteiger partial charge in [0, 0.05) is 19.0 Å². The summed E-state index contributed by atoms with van der Waals surface area (Å²) in [5.41, 5.74) is 4.04. The summed E-state index contributed by atoms with van der Waals surface area (Å²) in [5, 5.41) is 6.78. The van der Waals surface area contributed by atoms with Crippen molar-refractivity contribution in [3.05, 3.63) is 59.2 Å². The molecule has 0 saturated heterocycles. The monoisotopic (exact) mass is 465 g/mol. The smallest absolute Gasteiger partial charge is 0.231 e. The van der Waals surface area contributed by atoms with E-state index in [1.165, 1.54) is 11.1 Å². The fraction of sp³-hybridized carbons (Fsp3) is 0.350. The molecule has 0 aromatic heterocycles.